The van der Waals surface area contributed by atoms with E-state index in [0.29, 0.717) is 16.7 Å². The molecule has 0 saturated heterocycles. The van der Waals surface area contributed by atoms with Gasteiger partial charge < -0.3 is 14.4 Å². The van der Waals surface area contributed by atoms with Gasteiger partial charge in [0.05, 0.1) is 27.8 Å². The first-order chi connectivity index (χ1) is 43.9. The molecule has 0 aliphatic carbocycles. The van der Waals surface area contributed by atoms with Crippen molar-refractivity contribution < 1.29 is 26.3 Å². The zero-order valence-electron chi connectivity index (χ0n) is 48.1. The maximum Gasteiger partial charge on any atom is 0.416 e. The van der Waals surface area contributed by atoms with E-state index in [4.69, 9.17) is 0 Å². The van der Waals surface area contributed by atoms with Crippen molar-refractivity contribution in [2.24, 2.45) is 0 Å². The smallest absolute Gasteiger partial charge is 0.311 e. The monoisotopic (exact) mass is 1180 g/mol. The Bertz CT molecular complexity index is 4890. The van der Waals surface area contributed by atoms with E-state index >= 15 is 0 Å². The average Bonchev–Trinajstić information content (AvgIpc) is 0.759. The van der Waals surface area contributed by atoms with Gasteiger partial charge in [-0.25, -0.2) is 0 Å². The van der Waals surface area contributed by atoms with Crippen LogP contribution in [0.3, 0.4) is 0 Å². The van der Waals surface area contributed by atoms with Crippen LogP contribution in [0, 0.1) is 0 Å². The molecule has 0 saturated carbocycles. The largest absolute Gasteiger partial charge is 0.416 e. The van der Waals surface area contributed by atoms with Gasteiger partial charge in [-0.15, -0.1) is 0 Å². The molecule has 10 heteroatoms. The number of benzene rings is 13. The van der Waals surface area contributed by atoms with Gasteiger partial charge in [0.1, 0.15) is 0 Å². The minimum Gasteiger partial charge on any atom is -0.311 e. The number of para-hydroxylation sites is 1. The van der Waals surface area contributed by atoms with Gasteiger partial charge in [0.15, 0.2) is 0 Å². The van der Waals surface area contributed by atoms with Crippen LogP contribution in [0.1, 0.15) is 11.1 Å². The minimum atomic E-state index is -4.76. The van der Waals surface area contributed by atoms with E-state index in [-0.39, 0.29) is 17.8 Å². The van der Waals surface area contributed by atoms with Crippen molar-refractivity contribution in [3.8, 4) is 72.4 Å². The molecule has 0 N–H and O–H groups in total. The summed E-state index contributed by atoms with van der Waals surface area (Å²) < 4.78 is 88.8. The van der Waals surface area contributed by atoms with Crippen LogP contribution in [0.4, 0.5) is 60.5 Å². The molecular weight excluding hydrogens is 1130 g/mol. The highest BCUT2D eigenvalue weighted by atomic mass is 19.4. The molecule has 3 heterocycles. The molecule has 14 aromatic rings. The lowest BCUT2D eigenvalue weighted by Crippen LogP contribution is -2.61. The third-order valence-electron chi connectivity index (χ3n) is 17.8. The minimum absolute atomic E-state index is 0.00375. The predicted molar refractivity (Wildman–Crippen MR) is 357 cm³/mol. The van der Waals surface area contributed by atoms with Gasteiger partial charge in [-0.2, -0.15) is 26.3 Å². The van der Waals surface area contributed by atoms with E-state index in [1.165, 1.54) is 18.2 Å². The number of hydrogen-bond donors (Lipinski definition) is 0. The van der Waals surface area contributed by atoms with Gasteiger partial charge in [0, 0.05) is 50.5 Å². The van der Waals surface area contributed by atoms with Crippen molar-refractivity contribution in [1.82, 2.24) is 4.57 Å². The molecule has 16 rings (SSSR count). The molecule has 1 aromatic heterocycles. The van der Waals surface area contributed by atoms with E-state index in [0.717, 1.165) is 141 Å². The van der Waals surface area contributed by atoms with Gasteiger partial charge in [0.2, 0.25) is 0 Å². The van der Waals surface area contributed by atoms with E-state index in [9.17, 15) is 26.3 Å². The Morgan fingerprint density at radius 1 is 0.256 bits per heavy atom. The molecule has 0 atom stereocenters. The summed E-state index contributed by atoms with van der Waals surface area (Å²) in [7, 11) is 0. The highest BCUT2D eigenvalue weighted by Gasteiger charge is 2.44. The fraction of sp³-hybridized carbons (Fsp3) is 0.0250. The second-order valence-electron chi connectivity index (χ2n) is 23.0. The molecule has 13 aromatic carbocycles. The first-order valence-electron chi connectivity index (χ1n) is 29.8. The van der Waals surface area contributed by atoms with Crippen LogP contribution in [-0.4, -0.2) is 11.3 Å². The SMILES string of the molecule is FC(F)(F)c1cccc(-c2cc(C(F)(F)F)ccc2-n2c3ccccc3c3cc(-c4cc5c6c(c4)N(c4ccc(-c7ccccc7)cc4)c4ccc(-c7ccccc7)cc4B6c4cc(-c6ccccc6)ccc4N5c4ccc(-c5ccccc5)cc4)ccc32)c1. The number of anilines is 6. The molecule has 0 spiro atoms. The number of nitrogens with zero attached hydrogens (tertiary/aromatic N) is 3. The summed E-state index contributed by atoms with van der Waals surface area (Å²) in [6.07, 6.45) is -9.49. The number of alkyl halides is 6. The number of hydrogen-bond acceptors (Lipinski definition) is 2. The maximum atomic E-state index is 14.6. The summed E-state index contributed by atoms with van der Waals surface area (Å²) >= 11 is 0. The summed E-state index contributed by atoms with van der Waals surface area (Å²) in [6, 6.07) is 99.3. The molecule has 0 fully saturated rings. The van der Waals surface area contributed by atoms with Gasteiger partial charge >= 0.3 is 12.4 Å². The molecular formula is C80H50BF6N3. The number of aromatic nitrogens is 1. The van der Waals surface area contributed by atoms with Crippen LogP contribution in [-0.2, 0) is 12.4 Å². The molecule has 0 amide bonds. The third kappa shape index (κ3) is 9.33. The average molecular weight is 1180 g/mol. The Morgan fingerprint density at radius 2 is 0.656 bits per heavy atom. The Morgan fingerprint density at radius 3 is 1.17 bits per heavy atom. The molecule has 0 unspecified atom stereocenters. The Balaban J connectivity index is 0.961. The topological polar surface area (TPSA) is 11.4 Å². The first-order valence-corrected chi connectivity index (χ1v) is 29.8. The maximum absolute atomic E-state index is 14.6. The predicted octanol–water partition coefficient (Wildman–Crippen LogP) is 20.9. The van der Waals surface area contributed by atoms with Gasteiger partial charge in [0.25, 0.3) is 6.71 Å². The molecule has 3 nitrogen and oxygen atoms in total. The second-order valence-corrected chi connectivity index (χ2v) is 23.0. The standard InChI is InChI=1S/C80H50BF6N3/c82-79(83,84)62-25-15-24-60(44-62)67-50-63(80(85,86)87)35-43-72(67)90-71-27-14-13-26-66(71)68-45-57(32-40-73(68)90)61-48-76-78-77(49-61)89(65-38-30-56(31-39-65)52-18-7-2-8-19-52)75-42-34-59(54-22-11-4-12-23-54)47-70(75)81(78)69-46-58(53-20-9-3-10-21-53)33-41-74(69)88(76)64-36-28-55(29-37-64)51-16-5-1-6-17-51/h1-50H. The normalized spacial score (nSPS) is 12.7. The van der Waals surface area contributed by atoms with Crippen molar-refractivity contribution >= 4 is 79.0 Å². The van der Waals surface area contributed by atoms with Crippen molar-refractivity contribution in [2.45, 2.75) is 12.4 Å². The highest BCUT2D eigenvalue weighted by Crippen LogP contribution is 2.49. The van der Waals surface area contributed by atoms with E-state index in [1.807, 2.05) is 65.2 Å². The van der Waals surface area contributed by atoms with E-state index in [1.54, 1.807) is 0 Å². The van der Waals surface area contributed by atoms with Crippen molar-refractivity contribution in [1.29, 1.82) is 0 Å². The molecule has 2 aliphatic rings. The zero-order valence-corrected chi connectivity index (χ0v) is 48.1. The van der Waals surface area contributed by atoms with E-state index in [2.05, 4.69) is 210 Å². The summed E-state index contributed by atoms with van der Waals surface area (Å²) in [5.74, 6) is 0. The molecule has 90 heavy (non-hydrogen) atoms. The van der Waals surface area contributed by atoms with Crippen LogP contribution in [0.15, 0.2) is 303 Å². The first kappa shape index (κ1) is 54.3. The van der Waals surface area contributed by atoms with Crippen LogP contribution >= 0.6 is 0 Å². The summed E-state index contributed by atoms with van der Waals surface area (Å²) in [4.78, 5) is 4.81. The molecule has 0 radical (unpaired) electrons. The molecule has 430 valence electrons. The van der Waals surface area contributed by atoms with Gasteiger partial charge in [-0.1, -0.05) is 206 Å². The van der Waals surface area contributed by atoms with Gasteiger partial charge in [-0.05, 0) is 175 Å². The Kier molecular flexibility index (Phi) is 12.9. The van der Waals surface area contributed by atoms with Gasteiger partial charge in [-0.3, -0.25) is 0 Å². The van der Waals surface area contributed by atoms with Crippen molar-refractivity contribution in [2.75, 3.05) is 9.80 Å². The highest BCUT2D eigenvalue weighted by molar-refractivity contribution is 7.00. The lowest BCUT2D eigenvalue weighted by atomic mass is 9.33. The van der Waals surface area contributed by atoms with Crippen LogP contribution in [0.5, 0.6) is 0 Å². The fourth-order valence-corrected chi connectivity index (χ4v) is 13.6. The van der Waals surface area contributed by atoms with E-state index < -0.39 is 23.5 Å². The molecule has 0 bridgehead atoms. The summed E-state index contributed by atoms with van der Waals surface area (Å²) in [6.45, 7) is -0.253. The summed E-state index contributed by atoms with van der Waals surface area (Å²) in [5, 5.41) is 1.62. The fourth-order valence-electron chi connectivity index (χ4n) is 13.6. The van der Waals surface area contributed by atoms with Crippen molar-refractivity contribution in [3.63, 3.8) is 0 Å². The van der Waals surface area contributed by atoms with Crippen LogP contribution < -0.4 is 26.2 Å². The van der Waals surface area contributed by atoms with Crippen LogP contribution in [0.2, 0.25) is 0 Å². The second kappa shape index (κ2) is 21.4. The van der Waals surface area contributed by atoms with Crippen LogP contribution in [0.25, 0.3) is 94.3 Å². The quantitative estimate of drug-likeness (QED) is 0.105. The lowest BCUT2D eigenvalue weighted by Gasteiger charge is -2.44. The number of fused-ring (bicyclic) bond motifs is 7. The lowest BCUT2D eigenvalue weighted by molar-refractivity contribution is -0.138. The summed E-state index contributed by atoms with van der Waals surface area (Å²) in [5.41, 5.74) is 19.7. The van der Waals surface area contributed by atoms with Crippen molar-refractivity contribution in [3.05, 3.63) is 314 Å². The number of rotatable bonds is 9. The zero-order chi connectivity index (χ0) is 60.8. The molecule has 2 aliphatic heterocycles. The third-order valence-corrected chi connectivity index (χ3v) is 17.8. The Hall–Kier alpha value is -11.1. The Labute approximate surface area is 516 Å². The number of halogens is 6.